The summed E-state index contributed by atoms with van der Waals surface area (Å²) in [4.78, 5) is 66.1. The summed E-state index contributed by atoms with van der Waals surface area (Å²) in [6.07, 6.45) is 5.08. The number of hydrogen-bond acceptors (Lipinski definition) is 12. The number of hydrogen-bond donors (Lipinski definition) is 0. The van der Waals surface area contributed by atoms with E-state index in [-0.39, 0.29) is 91.0 Å². The summed E-state index contributed by atoms with van der Waals surface area (Å²) in [5.41, 5.74) is 2.18. The topological polar surface area (TPSA) is 157 Å². The maximum Gasteiger partial charge on any atom is 0.340 e. The number of carbonyl (C=O) groups excluding carboxylic acids is 4. The van der Waals surface area contributed by atoms with E-state index in [9.17, 15) is 19.2 Å². The molecule has 4 aromatic rings. The van der Waals surface area contributed by atoms with Gasteiger partial charge in [-0.05, 0) is 104 Å². The van der Waals surface area contributed by atoms with E-state index in [0.29, 0.717) is 22.8 Å². The van der Waals surface area contributed by atoms with Crippen molar-refractivity contribution in [2.24, 2.45) is 0 Å². The molecule has 4 heterocycles. The molecule has 0 unspecified atom stereocenters. The number of halogens is 2. The Bertz CT molecular complexity index is 1500. The molecule has 0 bridgehead atoms. The molecule has 0 aliphatic rings. The third kappa shape index (κ3) is 13.7. The van der Waals surface area contributed by atoms with Gasteiger partial charge in [0.15, 0.2) is 0 Å². The third-order valence-electron chi connectivity index (χ3n) is 5.93. The summed E-state index contributed by atoms with van der Waals surface area (Å²) in [6, 6.07) is 12.9. The maximum atomic E-state index is 12.3. The molecule has 0 aromatic carbocycles. The first-order valence-electron chi connectivity index (χ1n) is 15.4. The Morgan fingerprint density at radius 2 is 0.588 bits per heavy atom. The zero-order chi connectivity index (χ0) is 35.4. The van der Waals surface area contributed by atoms with Gasteiger partial charge in [-0.1, -0.05) is 0 Å². The van der Waals surface area contributed by atoms with Gasteiger partial charge < -0.3 is 43.8 Å². The minimum Gasteiger partial charge on any atom is -1.00 e. The molecule has 15 heteroatoms. The van der Waals surface area contributed by atoms with Gasteiger partial charge in [-0.15, -0.1) is 0 Å². The molecule has 12 nitrogen and oxygen atoms in total. The van der Waals surface area contributed by atoms with Gasteiger partial charge in [-0.25, -0.2) is 19.2 Å². The molecule has 0 aliphatic carbocycles. The molecule has 0 N–H and O–H groups in total. The normalized spacial score (nSPS) is 10.1. The van der Waals surface area contributed by atoms with Crippen molar-refractivity contribution in [1.82, 2.24) is 19.9 Å². The monoisotopic (exact) mass is 828 g/mol. The molecule has 0 saturated heterocycles. The SMILES string of the molecule is CC(C)OC(=O)c1cccnc1-c1ncccc1C(=O)OC(C)C.CC(C)OC(=O)c1cccnc1-c1ncccc1C(=O)OC(C)C.[Cl-].[Cl-].[Ru]. The van der Waals surface area contributed by atoms with Crippen molar-refractivity contribution in [3.8, 4) is 22.8 Å². The van der Waals surface area contributed by atoms with Gasteiger partial charge in [-0.2, -0.15) is 0 Å². The second-order valence-corrected chi connectivity index (χ2v) is 11.4. The minimum absolute atomic E-state index is 0. The van der Waals surface area contributed by atoms with E-state index in [1.165, 1.54) is 24.8 Å². The van der Waals surface area contributed by atoms with Crippen LogP contribution in [-0.4, -0.2) is 68.2 Å². The number of rotatable bonds is 10. The second kappa shape index (κ2) is 22.5. The number of carbonyl (C=O) groups is 4. The van der Waals surface area contributed by atoms with Crippen LogP contribution in [0, 0.1) is 0 Å². The van der Waals surface area contributed by atoms with Crippen LogP contribution in [0.4, 0.5) is 0 Å². The number of nitrogens with zero attached hydrogens (tertiary/aromatic N) is 4. The Balaban J connectivity index is 0.000000926. The van der Waals surface area contributed by atoms with Crippen molar-refractivity contribution >= 4 is 23.9 Å². The number of pyridine rings is 4. The minimum atomic E-state index is -0.512. The summed E-state index contributed by atoms with van der Waals surface area (Å²) in [5, 5.41) is 0. The summed E-state index contributed by atoms with van der Waals surface area (Å²) in [6.45, 7) is 14.1. The van der Waals surface area contributed by atoms with Gasteiger partial charge >= 0.3 is 23.9 Å². The van der Waals surface area contributed by atoms with Gasteiger partial charge in [0.25, 0.3) is 0 Å². The van der Waals surface area contributed by atoms with Crippen LogP contribution in [0.25, 0.3) is 22.8 Å². The predicted octanol–water partition coefficient (Wildman–Crippen LogP) is 0.554. The van der Waals surface area contributed by atoms with E-state index in [1.807, 2.05) is 0 Å². The molecular formula is C36H40Cl2N4O8Ru-2. The standard InChI is InChI=1S/2C18H20N2O4.2ClH.Ru/c2*1-11(2)23-17(21)13-7-5-9-19-15(13)16-14(8-6-10-20-16)18(22)24-12(3)4;;;/h2*5-12H,1-4H3;2*1H;/p-2. The van der Waals surface area contributed by atoms with Crippen LogP contribution in [0.3, 0.4) is 0 Å². The zero-order valence-corrected chi connectivity index (χ0v) is 32.7. The summed E-state index contributed by atoms with van der Waals surface area (Å²) < 4.78 is 21.0. The van der Waals surface area contributed by atoms with Crippen molar-refractivity contribution in [3.63, 3.8) is 0 Å². The van der Waals surface area contributed by atoms with E-state index in [0.717, 1.165) is 0 Å². The zero-order valence-electron chi connectivity index (χ0n) is 29.4. The Labute approximate surface area is 323 Å². The first kappa shape index (κ1) is 46.7. The van der Waals surface area contributed by atoms with E-state index in [4.69, 9.17) is 18.9 Å². The van der Waals surface area contributed by atoms with E-state index < -0.39 is 23.9 Å². The van der Waals surface area contributed by atoms with E-state index in [2.05, 4.69) is 19.9 Å². The van der Waals surface area contributed by atoms with E-state index >= 15 is 0 Å². The molecule has 0 atom stereocenters. The Morgan fingerprint density at radius 3 is 0.745 bits per heavy atom. The molecule has 0 radical (unpaired) electrons. The maximum absolute atomic E-state index is 12.3. The van der Waals surface area contributed by atoms with Gasteiger partial charge in [0.1, 0.15) is 22.8 Å². The van der Waals surface area contributed by atoms with Crippen molar-refractivity contribution in [2.75, 3.05) is 0 Å². The predicted molar refractivity (Wildman–Crippen MR) is 177 cm³/mol. The molecule has 4 aromatic heterocycles. The average molecular weight is 829 g/mol. The summed E-state index contributed by atoms with van der Waals surface area (Å²) in [5.74, 6) is -2.05. The van der Waals surface area contributed by atoms with Crippen molar-refractivity contribution in [2.45, 2.75) is 79.8 Å². The molecular weight excluding hydrogens is 788 g/mol. The van der Waals surface area contributed by atoms with E-state index in [1.54, 1.807) is 104 Å². The smallest absolute Gasteiger partial charge is 0.340 e. The van der Waals surface area contributed by atoms with Gasteiger partial charge in [0, 0.05) is 44.3 Å². The van der Waals surface area contributed by atoms with Gasteiger partial charge in [-0.3, -0.25) is 19.9 Å². The molecule has 0 spiro atoms. The fourth-order valence-corrected chi connectivity index (χ4v) is 4.15. The van der Waals surface area contributed by atoms with Crippen molar-refractivity contribution in [1.29, 1.82) is 0 Å². The number of ether oxygens (including phenoxy) is 4. The number of esters is 4. The third-order valence-corrected chi connectivity index (χ3v) is 5.93. The van der Waals surface area contributed by atoms with Gasteiger partial charge in [0.05, 0.1) is 46.7 Å². The molecule has 4 rings (SSSR count). The number of aromatic nitrogens is 4. The van der Waals surface area contributed by atoms with Crippen LogP contribution in [0.1, 0.15) is 96.8 Å². The molecule has 51 heavy (non-hydrogen) atoms. The van der Waals surface area contributed by atoms with Crippen LogP contribution >= 0.6 is 0 Å². The van der Waals surface area contributed by atoms with Crippen LogP contribution in [0.5, 0.6) is 0 Å². The van der Waals surface area contributed by atoms with Crippen molar-refractivity contribution in [3.05, 3.63) is 95.6 Å². The van der Waals surface area contributed by atoms with Crippen LogP contribution < -0.4 is 24.8 Å². The first-order valence-corrected chi connectivity index (χ1v) is 15.4. The average Bonchev–Trinajstić information content (AvgIpc) is 3.04. The first-order chi connectivity index (χ1) is 22.8. The second-order valence-electron chi connectivity index (χ2n) is 11.4. The fraction of sp³-hybridized carbons (Fsp3) is 0.333. The Kier molecular flexibility index (Phi) is 20.6. The van der Waals surface area contributed by atoms with Crippen LogP contribution in [0.2, 0.25) is 0 Å². The molecule has 0 amide bonds. The Morgan fingerprint density at radius 1 is 0.412 bits per heavy atom. The summed E-state index contributed by atoms with van der Waals surface area (Å²) >= 11 is 0. The van der Waals surface area contributed by atoms with Crippen LogP contribution in [-0.2, 0) is 38.4 Å². The van der Waals surface area contributed by atoms with Crippen LogP contribution in [0.15, 0.2) is 73.3 Å². The molecule has 0 aliphatic heterocycles. The largest absolute Gasteiger partial charge is 1.00 e. The van der Waals surface area contributed by atoms with Crippen molar-refractivity contribution < 1.29 is 82.4 Å². The fourth-order valence-electron chi connectivity index (χ4n) is 4.15. The van der Waals surface area contributed by atoms with Gasteiger partial charge in [0.2, 0.25) is 0 Å². The molecule has 0 saturated carbocycles. The quantitative estimate of drug-likeness (QED) is 0.125. The summed E-state index contributed by atoms with van der Waals surface area (Å²) in [7, 11) is 0. The Hall–Kier alpha value is -4.32. The molecule has 0 fully saturated rings. The molecule has 276 valence electrons.